The molecule has 0 saturated carbocycles. The Balaban J connectivity index is 1.77. The molecule has 1 saturated heterocycles. The number of hydrogen-bond donors (Lipinski definition) is 2. The van der Waals surface area contributed by atoms with Crippen molar-refractivity contribution in [2.75, 3.05) is 50.7 Å². The van der Waals surface area contributed by atoms with E-state index in [0.29, 0.717) is 36.6 Å². The molecular weight excluding hydrogens is 434 g/mol. The van der Waals surface area contributed by atoms with Crippen molar-refractivity contribution in [2.24, 2.45) is 0 Å². The van der Waals surface area contributed by atoms with E-state index in [2.05, 4.69) is 10.6 Å². The van der Waals surface area contributed by atoms with Crippen LogP contribution in [0, 0.1) is 0 Å². The van der Waals surface area contributed by atoms with E-state index in [4.69, 9.17) is 9.47 Å². The van der Waals surface area contributed by atoms with E-state index in [1.807, 2.05) is 6.92 Å². The molecule has 2 amide bonds. The molecule has 0 unspecified atom stereocenters. The first kappa shape index (κ1) is 23.9. The maximum atomic E-state index is 13.2. The lowest BCUT2D eigenvalue weighted by atomic mass is 10.1. The number of carbonyl (C=O) groups excluding carboxylic acids is 2. The summed E-state index contributed by atoms with van der Waals surface area (Å²) in [5.74, 6) is -0.712. The SMILES string of the molecule is CCc1ccc(C(=O)Nc2ccc(NC(=O)COC)cc2)cc1S(=O)(=O)N1CCOCC1. The minimum Gasteiger partial charge on any atom is -0.379 e. The van der Waals surface area contributed by atoms with Crippen LogP contribution in [0.1, 0.15) is 22.8 Å². The fraction of sp³-hybridized carbons (Fsp3) is 0.364. The largest absolute Gasteiger partial charge is 0.379 e. The highest BCUT2D eigenvalue weighted by molar-refractivity contribution is 7.89. The van der Waals surface area contributed by atoms with Gasteiger partial charge in [-0.25, -0.2) is 8.42 Å². The number of anilines is 2. The van der Waals surface area contributed by atoms with Crippen LogP contribution in [0.15, 0.2) is 47.4 Å². The van der Waals surface area contributed by atoms with E-state index in [1.54, 1.807) is 36.4 Å². The van der Waals surface area contributed by atoms with E-state index in [0.717, 1.165) is 0 Å². The van der Waals surface area contributed by atoms with Gasteiger partial charge in [0, 0.05) is 37.1 Å². The van der Waals surface area contributed by atoms with Gasteiger partial charge in [0.15, 0.2) is 0 Å². The molecule has 0 bridgehead atoms. The second kappa shape index (κ2) is 10.7. The van der Waals surface area contributed by atoms with Crippen LogP contribution in [0.25, 0.3) is 0 Å². The standard InChI is InChI=1S/C22H27N3O6S/c1-3-16-4-5-17(14-20(16)32(28,29)25-10-12-31-13-11-25)22(27)24-19-8-6-18(7-9-19)23-21(26)15-30-2/h4-9,14H,3,10-13,15H2,1-2H3,(H,23,26)(H,24,27). The predicted molar refractivity (Wildman–Crippen MR) is 120 cm³/mol. The molecular formula is C22H27N3O6S. The zero-order valence-electron chi connectivity index (χ0n) is 18.1. The zero-order chi connectivity index (χ0) is 23.1. The number of aryl methyl sites for hydroxylation is 1. The first-order chi connectivity index (χ1) is 15.3. The fourth-order valence-electron chi connectivity index (χ4n) is 3.32. The van der Waals surface area contributed by atoms with Crippen molar-refractivity contribution in [1.82, 2.24) is 4.31 Å². The summed E-state index contributed by atoms with van der Waals surface area (Å²) in [5.41, 5.74) is 1.98. The van der Waals surface area contributed by atoms with Crippen LogP contribution in [0.5, 0.6) is 0 Å². The van der Waals surface area contributed by atoms with Crippen LogP contribution >= 0.6 is 0 Å². The van der Waals surface area contributed by atoms with E-state index in [9.17, 15) is 18.0 Å². The molecule has 0 atom stereocenters. The van der Waals surface area contributed by atoms with Crippen LogP contribution in [-0.4, -0.2) is 64.6 Å². The number of carbonyl (C=O) groups is 2. The summed E-state index contributed by atoms with van der Waals surface area (Å²) in [5, 5.41) is 5.42. The summed E-state index contributed by atoms with van der Waals surface area (Å²) >= 11 is 0. The third-order valence-electron chi connectivity index (χ3n) is 5.00. The van der Waals surface area contributed by atoms with Gasteiger partial charge in [-0.15, -0.1) is 0 Å². The van der Waals surface area contributed by atoms with Crippen molar-refractivity contribution >= 4 is 33.2 Å². The van der Waals surface area contributed by atoms with E-state index in [-0.39, 0.29) is 36.1 Å². The van der Waals surface area contributed by atoms with Gasteiger partial charge in [0.2, 0.25) is 15.9 Å². The van der Waals surface area contributed by atoms with E-state index < -0.39 is 15.9 Å². The number of morpholine rings is 1. The van der Waals surface area contributed by atoms with Crippen LogP contribution in [0.3, 0.4) is 0 Å². The summed E-state index contributed by atoms with van der Waals surface area (Å²) in [4.78, 5) is 24.5. The van der Waals surface area contributed by atoms with Gasteiger partial charge in [-0.2, -0.15) is 4.31 Å². The Bertz CT molecular complexity index is 1060. The number of hydrogen-bond acceptors (Lipinski definition) is 6. The highest BCUT2D eigenvalue weighted by atomic mass is 32.2. The lowest BCUT2D eigenvalue weighted by molar-refractivity contribution is -0.119. The van der Waals surface area contributed by atoms with Crippen molar-refractivity contribution in [3.63, 3.8) is 0 Å². The smallest absolute Gasteiger partial charge is 0.255 e. The highest BCUT2D eigenvalue weighted by Crippen LogP contribution is 2.24. The van der Waals surface area contributed by atoms with Crippen molar-refractivity contribution in [1.29, 1.82) is 0 Å². The predicted octanol–water partition coefficient (Wildman–Crippen LogP) is 2.11. The number of methoxy groups -OCH3 is 1. The molecule has 172 valence electrons. The average molecular weight is 462 g/mol. The van der Waals surface area contributed by atoms with Gasteiger partial charge in [-0.1, -0.05) is 13.0 Å². The molecule has 1 heterocycles. The average Bonchev–Trinajstić information content (AvgIpc) is 2.80. The van der Waals surface area contributed by atoms with E-state index >= 15 is 0 Å². The Labute approximate surface area is 187 Å². The Hall–Kier alpha value is -2.79. The van der Waals surface area contributed by atoms with Gasteiger partial charge in [-0.3, -0.25) is 9.59 Å². The minimum absolute atomic E-state index is 0.0536. The van der Waals surface area contributed by atoms with Crippen molar-refractivity contribution in [2.45, 2.75) is 18.2 Å². The molecule has 0 aliphatic carbocycles. The van der Waals surface area contributed by atoms with Crippen LogP contribution in [-0.2, 0) is 30.7 Å². The molecule has 9 nitrogen and oxygen atoms in total. The van der Waals surface area contributed by atoms with Gasteiger partial charge >= 0.3 is 0 Å². The van der Waals surface area contributed by atoms with Gasteiger partial charge in [0.25, 0.3) is 5.91 Å². The van der Waals surface area contributed by atoms with Crippen molar-refractivity contribution < 1.29 is 27.5 Å². The van der Waals surface area contributed by atoms with Gasteiger partial charge < -0.3 is 20.1 Å². The van der Waals surface area contributed by atoms with E-state index in [1.165, 1.54) is 17.5 Å². The molecule has 32 heavy (non-hydrogen) atoms. The third-order valence-corrected chi connectivity index (χ3v) is 6.98. The van der Waals surface area contributed by atoms with Gasteiger partial charge in [0.05, 0.1) is 18.1 Å². The quantitative estimate of drug-likeness (QED) is 0.622. The number of amides is 2. The molecule has 0 radical (unpaired) electrons. The second-order valence-electron chi connectivity index (χ2n) is 7.21. The molecule has 1 fully saturated rings. The first-order valence-electron chi connectivity index (χ1n) is 10.3. The van der Waals surface area contributed by atoms with Gasteiger partial charge in [-0.05, 0) is 48.4 Å². The van der Waals surface area contributed by atoms with Crippen molar-refractivity contribution in [3.05, 3.63) is 53.6 Å². The number of nitrogens with one attached hydrogen (secondary N) is 2. The van der Waals surface area contributed by atoms with Crippen LogP contribution in [0.4, 0.5) is 11.4 Å². The molecule has 1 aliphatic rings. The Morgan fingerprint density at radius 2 is 1.66 bits per heavy atom. The molecule has 2 aromatic carbocycles. The lowest BCUT2D eigenvalue weighted by Crippen LogP contribution is -2.41. The topological polar surface area (TPSA) is 114 Å². The number of rotatable bonds is 8. The Kier molecular flexibility index (Phi) is 7.97. The fourth-order valence-corrected chi connectivity index (χ4v) is 5.05. The molecule has 0 spiro atoms. The molecule has 2 N–H and O–H groups in total. The zero-order valence-corrected chi connectivity index (χ0v) is 18.9. The molecule has 0 aromatic heterocycles. The lowest BCUT2D eigenvalue weighted by Gasteiger charge is -2.27. The number of nitrogens with zero attached hydrogens (tertiary/aromatic N) is 1. The summed E-state index contributed by atoms with van der Waals surface area (Å²) < 4.78 is 37.8. The Morgan fingerprint density at radius 1 is 1.03 bits per heavy atom. The number of ether oxygens (including phenoxy) is 2. The van der Waals surface area contributed by atoms with Crippen LogP contribution < -0.4 is 10.6 Å². The van der Waals surface area contributed by atoms with Gasteiger partial charge in [0.1, 0.15) is 6.61 Å². The van der Waals surface area contributed by atoms with Crippen molar-refractivity contribution in [3.8, 4) is 0 Å². The first-order valence-corrected chi connectivity index (χ1v) is 11.7. The molecule has 2 aromatic rings. The number of sulfonamides is 1. The molecule has 10 heteroatoms. The summed E-state index contributed by atoms with van der Waals surface area (Å²) in [6, 6.07) is 11.3. The molecule has 3 rings (SSSR count). The maximum absolute atomic E-state index is 13.2. The summed E-state index contributed by atoms with van der Waals surface area (Å²) in [6.07, 6.45) is 0.525. The summed E-state index contributed by atoms with van der Waals surface area (Å²) in [6.45, 7) is 3.10. The highest BCUT2D eigenvalue weighted by Gasteiger charge is 2.29. The normalized spacial score (nSPS) is 14.7. The minimum atomic E-state index is -3.73. The van der Waals surface area contributed by atoms with Crippen LogP contribution in [0.2, 0.25) is 0 Å². The third kappa shape index (κ3) is 5.71. The Morgan fingerprint density at radius 3 is 2.25 bits per heavy atom. The maximum Gasteiger partial charge on any atom is 0.255 e. The summed E-state index contributed by atoms with van der Waals surface area (Å²) in [7, 11) is -2.30. The second-order valence-corrected chi connectivity index (χ2v) is 9.11. The number of benzene rings is 2. The molecule has 1 aliphatic heterocycles. The monoisotopic (exact) mass is 461 g/mol.